The predicted octanol–water partition coefficient (Wildman–Crippen LogP) is 2.93. The molecule has 0 radical (unpaired) electrons. The van der Waals surface area contributed by atoms with Gasteiger partial charge < -0.3 is 14.1 Å². The molecule has 1 amide bonds. The van der Waals surface area contributed by atoms with E-state index in [1.54, 1.807) is 18.1 Å². The van der Waals surface area contributed by atoms with Gasteiger partial charge in [0.1, 0.15) is 6.04 Å². The number of carbonyl (C=O) groups is 1. The zero-order valence-corrected chi connectivity index (χ0v) is 14.5. The summed E-state index contributed by atoms with van der Waals surface area (Å²) in [5.74, 6) is -1.29. The van der Waals surface area contributed by atoms with Crippen LogP contribution in [0.1, 0.15) is 55.0 Å². The molecule has 1 aliphatic heterocycles. The highest BCUT2D eigenvalue weighted by molar-refractivity contribution is 5.74. The average Bonchev–Trinajstić information content (AvgIpc) is 3.07. The van der Waals surface area contributed by atoms with E-state index in [0.29, 0.717) is 36.7 Å². The highest BCUT2D eigenvalue weighted by Crippen LogP contribution is 2.55. The van der Waals surface area contributed by atoms with Gasteiger partial charge in [0.2, 0.25) is 17.7 Å². The lowest BCUT2D eigenvalue weighted by Gasteiger charge is -2.19. The maximum atomic E-state index is 14.0. The molecule has 0 bridgehead atoms. The number of hydrogen-bond acceptors (Lipinski definition) is 5. The van der Waals surface area contributed by atoms with Gasteiger partial charge in [-0.25, -0.2) is 8.78 Å². The van der Waals surface area contributed by atoms with E-state index in [2.05, 4.69) is 10.2 Å². The standard InChI is InChI=1S/C18H19F2N3O3/c1-9(24)23-8-10(25-2)6-15(23)18-22-21-17(26-18)13-7-12(13)11-4-3-5-14(19)16(11)20/h3-5,10,12-13,15H,6-8H2,1-2H3/t10-,12-,13-,15+/m0/s1. The number of methoxy groups -OCH3 is 1. The van der Waals surface area contributed by atoms with Gasteiger partial charge in [-0.3, -0.25) is 4.79 Å². The third kappa shape index (κ3) is 2.88. The fourth-order valence-electron chi connectivity index (χ4n) is 3.70. The Morgan fingerprint density at radius 1 is 1.23 bits per heavy atom. The number of nitrogens with zero attached hydrogens (tertiary/aromatic N) is 3. The van der Waals surface area contributed by atoms with E-state index in [0.717, 1.165) is 6.07 Å². The number of carbonyl (C=O) groups excluding carboxylic acids is 1. The summed E-state index contributed by atoms with van der Waals surface area (Å²) in [5.41, 5.74) is 0.334. The quantitative estimate of drug-likeness (QED) is 0.835. The Morgan fingerprint density at radius 3 is 2.73 bits per heavy atom. The van der Waals surface area contributed by atoms with Crippen LogP contribution < -0.4 is 0 Å². The highest BCUT2D eigenvalue weighted by Gasteiger charge is 2.46. The molecule has 1 aliphatic carbocycles. The van der Waals surface area contributed by atoms with Gasteiger partial charge in [-0.15, -0.1) is 10.2 Å². The first kappa shape index (κ1) is 17.1. The van der Waals surface area contributed by atoms with Crippen molar-refractivity contribution in [1.29, 1.82) is 0 Å². The molecular formula is C18H19F2N3O3. The summed E-state index contributed by atoms with van der Waals surface area (Å²) in [6.45, 7) is 1.97. The first-order chi connectivity index (χ1) is 12.5. The van der Waals surface area contributed by atoms with Gasteiger partial charge in [-0.1, -0.05) is 12.1 Å². The van der Waals surface area contributed by atoms with E-state index < -0.39 is 11.6 Å². The summed E-state index contributed by atoms with van der Waals surface area (Å²) in [7, 11) is 1.60. The summed E-state index contributed by atoms with van der Waals surface area (Å²) < 4.78 is 38.5. The lowest BCUT2D eigenvalue weighted by Crippen LogP contribution is -2.29. The summed E-state index contributed by atoms with van der Waals surface area (Å²) in [4.78, 5) is 13.5. The molecule has 0 N–H and O–H groups in total. The SMILES string of the molecule is CO[C@H]1C[C@H](c2nnc([C@H]3C[C@H]3c3cccc(F)c3F)o2)N(C(C)=O)C1. The lowest BCUT2D eigenvalue weighted by molar-refractivity contribution is -0.130. The molecule has 2 aliphatic rings. The number of likely N-dealkylation sites (tertiary alicyclic amines) is 1. The van der Waals surface area contributed by atoms with Crippen LogP contribution in [0.2, 0.25) is 0 Å². The van der Waals surface area contributed by atoms with Crippen molar-refractivity contribution in [3.8, 4) is 0 Å². The lowest BCUT2D eigenvalue weighted by atomic mass is 10.1. The molecule has 0 unspecified atom stereocenters. The molecule has 6 nitrogen and oxygen atoms in total. The van der Waals surface area contributed by atoms with Crippen LogP contribution in [0, 0.1) is 11.6 Å². The van der Waals surface area contributed by atoms with Crippen LogP contribution in [-0.2, 0) is 9.53 Å². The first-order valence-corrected chi connectivity index (χ1v) is 8.56. The van der Waals surface area contributed by atoms with E-state index in [4.69, 9.17) is 9.15 Å². The molecule has 4 atom stereocenters. The van der Waals surface area contributed by atoms with Crippen molar-refractivity contribution in [2.45, 2.75) is 43.7 Å². The van der Waals surface area contributed by atoms with E-state index in [9.17, 15) is 13.6 Å². The number of hydrogen-bond donors (Lipinski definition) is 0. The second kappa shape index (κ2) is 6.42. The summed E-state index contributed by atoms with van der Waals surface area (Å²) in [6.07, 6.45) is 1.14. The van der Waals surface area contributed by atoms with Gasteiger partial charge >= 0.3 is 0 Å². The predicted molar refractivity (Wildman–Crippen MR) is 86.3 cm³/mol. The van der Waals surface area contributed by atoms with E-state index in [-0.39, 0.29) is 29.9 Å². The third-order valence-corrected chi connectivity index (χ3v) is 5.23. The average molecular weight is 363 g/mol. The normalized spacial score (nSPS) is 27.8. The molecule has 2 fully saturated rings. The van der Waals surface area contributed by atoms with Crippen molar-refractivity contribution >= 4 is 5.91 Å². The van der Waals surface area contributed by atoms with Crippen molar-refractivity contribution < 1.29 is 22.7 Å². The Bertz CT molecular complexity index is 841. The van der Waals surface area contributed by atoms with Crippen molar-refractivity contribution in [2.75, 3.05) is 13.7 Å². The number of halogens is 2. The molecule has 4 rings (SSSR count). The summed E-state index contributed by atoms with van der Waals surface area (Å²) in [6, 6.07) is 3.86. The van der Waals surface area contributed by atoms with E-state index in [1.165, 1.54) is 13.0 Å². The molecule has 0 spiro atoms. The minimum atomic E-state index is -0.854. The second-order valence-electron chi connectivity index (χ2n) is 6.85. The Morgan fingerprint density at radius 2 is 2.00 bits per heavy atom. The zero-order valence-electron chi connectivity index (χ0n) is 14.5. The Balaban J connectivity index is 1.52. The number of rotatable bonds is 4. The smallest absolute Gasteiger partial charge is 0.239 e. The molecule has 8 heteroatoms. The largest absolute Gasteiger partial charge is 0.423 e. The van der Waals surface area contributed by atoms with Gasteiger partial charge in [0.25, 0.3) is 0 Å². The maximum Gasteiger partial charge on any atom is 0.239 e. The molecule has 1 saturated heterocycles. The number of aromatic nitrogens is 2. The summed E-state index contributed by atoms with van der Waals surface area (Å²) in [5, 5.41) is 8.18. The molecule has 2 aromatic rings. The summed E-state index contributed by atoms with van der Waals surface area (Å²) >= 11 is 0. The first-order valence-electron chi connectivity index (χ1n) is 8.56. The van der Waals surface area contributed by atoms with Crippen LogP contribution in [0.4, 0.5) is 8.78 Å². The monoisotopic (exact) mass is 363 g/mol. The molecule has 1 aromatic heterocycles. The molecular weight excluding hydrogens is 344 g/mol. The van der Waals surface area contributed by atoms with Crippen molar-refractivity contribution in [2.24, 2.45) is 0 Å². The highest BCUT2D eigenvalue weighted by atomic mass is 19.2. The van der Waals surface area contributed by atoms with Crippen molar-refractivity contribution in [1.82, 2.24) is 15.1 Å². The zero-order chi connectivity index (χ0) is 18.4. The van der Waals surface area contributed by atoms with Gasteiger partial charge in [0, 0.05) is 32.9 Å². The van der Waals surface area contributed by atoms with Crippen molar-refractivity contribution in [3.63, 3.8) is 0 Å². The fraction of sp³-hybridized carbons (Fsp3) is 0.500. The van der Waals surface area contributed by atoms with Crippen LogP contribution in [-0.4, -0.2) is 40.8 Å². The topological polar surface area (TPSA) is 68.5 Å². The maximum absolute atomic E-state index is 14.0. The number of amides is 1. The number of benzene rings is 1. The minimum Gasteiger partial charge on any atom is -0.423 e. The van der Waals surface area contributed by atoms with Gasteiger partial charge in [0.05, 0.1) is 6.10 Å². The third-order valence-electron chi connectivity index (χ3n) is 5.23. The molecule has 26 heavy (non-hydrogen) atoms. The van der Waals surface area contributed by atoms with Gasteiger partial charge in [-0.05, 0) is 24.0 Å². The Hall–Kier alpha value is -2.35. The van der Waals surface area contributed by atoms with Crippen LogP contribution in [0.25, 0.3) is 0 Å². The van der Waals surface area contributed by atoms with Crippen LogP contribution >= 0.6 is 0 Å². The molecule has 1 saturated carbocycles. The van der Waals surface area contributed by atoms with Crippen LogP contribution in [0.15, 0.2) is 22.6 Å². The van der Waals surface area contributed by atoms with E-state index in [1.807, 2.05) is 0 Å². The molecule has 1 aromatic carbocycles. The molecule has 138 valence electrons. The van der Waals surface area contributed by atoms with Gasteiger partial charge in [-0.2, -0.15) is 0 Å². The van der Waals surface area contributed by atoms with Crippen LogP contribution in [0.5, 0.6) is 0 Å². The van der Waals surface area contributed by atoms with Gasteiger partial charge in [0.15, 0.2) is 11.6 Å². The number of ether oxygens (including phenoxy) is 1. The van der Waals surface area contributed by atoms with Crippen LogP contribution in [0.3, 0.4) is 0 Å². The molecule has 2 heterocycles. The fourth-order valence-corrected chi connectivity index (χ4v) is 3.70. The second-order valence-corrected chi connectivity index (χ2v) is 6.85. The Labute approximate surface area is 149 Å². The Kier molecular flexibility index (Phi) is 4.22. The van der Waals surface area contributed by atoms with Crippen molar-refractivity contribution in [3.05, 3.63) is 47.2 Å². The minimum absolute atomic E-state index is 0.0747. The van der Waals surface area contributed by atoms with E-state index >= 15 is 0 Å².